The maximum Gasteiger partial charge on any atom is 0.229 e. The lowest BCUT2D eigenvalue weighted by molar-refractivity contribution is 0.415. The third kappa shape index (κ3) is 3.96. The number of nitrogens with zero attached hydrogens (tertiary/aromatic N) is 2. The fraction of sp³-hybridized carbons (Fsp3) is 0.200. The van der Waals surface area contributed by atoms with Crippen LogP contribution in [0.1, 0.15) is 23.5 Å². The molecule has 0 saturated carbocycles. The molecule has 2 atom stereocenters. The molecule has 1 aliphatic rings. The van der Waals surface area contributed by atoms with Gasteiger partial charge in [-0.3, -0.25) is 9.71 Å². The van der Waals surface area contributed by atoms with Gasteiger partial charge in [0.2, 0.25) is 10.0 Å². The van der Waals surface area contributed by atoms with Crippen molar-refractivity contribution in [2.45, 2.75) is 12.1 Å². The summed E-state index contributed by atoms with van der Waals surface area (Å²) >= 11 is 5.64. The van der Waals surface area contributed by atoms with Crippen molar-refractivity contribution in [2.75, 3.05) is 23.0 Å². The highest BCUT2D eigenvalue weighted by atomic mass is 32.2. The number of hydrogen-bond acceptors (Lipinski definition) is 6. The number of ether oxygens (including phenoxy) is 1. The van der Waals surface area contributed by atoms with E-state index < -0.39 is 10.0 Å². The van der Waals surface area contributed by atoms with Crippen LogP contribution in [-0.4, -0.2) is 31.9 Å². The number of pyridine rings is 1. The smallest absolute Gasteiger partial charge is 0.229 e. The summed E-state index contributed by atoms with van der Waals surface area (Å²) in [5.41, 5.74) is 1.90. The minimum atomic E-state index is -3.45. The summed E-state index contributed by atoms with van der Waals surface area (Å²) < 4.78 is 36.9. The number of anilines is 2. The maximum atomic E-state index is 11.6. The van der Waals surface area contributed by atoms with Crippen LogP contribution in [0.25, 0.3) is 0 Å². The lowest BCUT2D eigenvalue weighted by Gasteiger charge is -2.26. The highest BCUT2D eigenvalue weighted by Crippen LogP contribution is 2.43. The summed E-state index contributed by atoms with van der Waals surface area (Å²) in [4.78, 5) is 6.40. The van der Waals surface area contributed by atoms with Gasteiger partial charge in [-0.1, -0.05) is 6.07 Å². The number of sulfonamides is 1. The Morgan fingerprint density at radius 2 is 2.07 bits per heavy atom. The number of aromatic nitrogens is 1. The van der Waals surface area contributed by atoms with Gasteiger partial charge in [-0.15, -0.1) is 0 Å². The van der Waals surface area contributed by atoms with Gasteiger partial charge < -0.3 is 19.4 Å². The van der Waals surface area contributed by atoms with Crippen molar-refractivity contribution in [3.05, 3.63) is 72.4 Å². The molecular weight excluding hydrogens is 424 g/mol. The molecule has 0 aliphatic carbocycles. The summed E-state index contributed by atoms with van der Waals surface area (Å²) in [6, 6.07) is 14.1. The number of nitrogens with one attached hydrogen (secondary N) is 2. The second kappa shape index (κ2) is 7.96. The monoisotopic (exact) mass is 444 g/mol. The minimum absolute atomic E-state index is 0.232. The Hall–Kier alpha value is -3.11. The average molecular weight is 445 g/mol. The SMILES string of the molecule is COc1cc(N2C(=S)N[C@H](c3ccccn3)[C@H]2c2ccco2)ccc1NS(C)(=O)=O. The molecule has 4 rings (SSSR count). The average Bonchev–Trinajstić information content (AvgIpc) is 3.35. The number of methoxy groups -OCH3 is 1. The van der Waals surface area contributed by atoms with Crippen molar-refractivity contribution in [3.63, 3.8) is 0 Å². The molecule has 0 unspecified atom stereocenters. The van der Waals surface area contributed by atoms with Crippen molar-refractivity contribution in [2.24, 2.45) is 0 Å². The highest BCUT2D eigenvalue weighted by Gasteiger charge is 2.42. The molecule has 1 fully saturated rings. The molecule has 0 amide bonds. The molecular formula is C20H20N4O4S2. The summed E-state index contributed by atoms with van der Waals surface area (Å²) in [6.07, 6.45) is 4.44. The Labute approximate surface area is 179 Å². The van der Waals surface area contributed by atoms with Gasteiger partial charge >= 0.3 is 0 Å². The van der Waals surface area contributed by atoms with Gasteiger partial charge in [-0.2, -0.15) is 0 Å². The minimum Gasteiger partial charge on any atom is -0.494 e. The second-order valence-corrected chi connectivity index (χ2v) is 8.91. The Balaban J connectivity index is 1.78. The molecule has 10 heteroatoms. The highest BCUT2D eigenvalue weighted by molar-refractivity contribution is 7.92. The van der Waals surface area contributed by atoms with Gasteiger partial charge in [0.15, 0.2) is 5.11 Å². The molecule has 30 heavy (non-hydrogen) atoms. The fourth-order valence-electron chi connectivity index (χ4n) is 3.50. The molecule has 0 bridgehead atoms. The molecule has 8 nitrogen and oxygen atoms in total. The van der Waals surface area contributed by atoms with Gasteiger partial charge in [0.05, 0.1) is 37.1 Å². The fourth-order valence-corrected chi connectivity index (χ4v) is 4.41. The van der Waals surface area contributed by atoms with E-state index in [1.165, 1.54) is 7.11 Å². The molecule has 3 heterocycles. The van der Waals surface area contributed by atoms with Crippen LogP contribution in [-0.2, 0) is 10.0 Å². The third-order valence-corrected chi connectivity index (χ3v) is 5.60. The van der Waals surface area contributed by atoms with E-state index in [9.17, 15) is 8.42 Å². The van der Waals surface area contributed by atoms with Crippen LogP contribution in [0, 0.1) is 0 Å². The van der Waals surface area contributed by atoms with Gasteiger partial charge in [-0.05, 0) is 48.6 Å². The van der Waals surface area contributed by atoms with Crippen LogP contribution in [0.2, 0.25) is 0 Å². The van der Waals surface area contributed by atoms with Gasteiger partial charge in [0.25, 0.3) is 0 Å². The van der Waals surface area contributed by atoms with Crippen molar-refractivity contribution in [1.29, 1.82) is 0 Å². The van der Waals surface area contributed by atoms with Crippen molar-refractivity contribution >= 4 is 38.7 Å². The van der Waals surface area contributed by atoms with Crippen molar-refractivity contribution < 1.29 is 17.6 Å². The largest absolute Gasteiger partial charge is 0.494 e. The zero-order chi connectivity index (χ0) is 21.3. The molecule has 2 N–H and O–H groups in total. The Kier molecular flexibility index (Phi) is 5.35. The summed E-state index contributed by atoms with van der Waals surface area (Å²) in [5, 5.41) is 3.83. The number of furan rings is 1. The van der Waals surface area contributed by atoms with E-state index >= 15 is 0 Å². The number of rotatable bonds is 6. The van der Waals surface area contributed by atoms with Gasteiger partial charge in [-0.25, -0.2) is 8.42 Å². The molecule has 1 aromatic carbocycles. The first-order chi connectivity index (χ1) is 14.4. The Morgan fingerprint density at radius 3 is 2.70 bits per heavy atom. The Morgan fingerprint density at radius 1 is 1.23 bits per heavy atom. The second-order valence-electron chi connectivity index (χ2n) is 6.77. The lowest BCUT2D eigenvalue weighted by Crippen LogP contribution is -2.29. The third-order valence-electron chi connectivity index (χ3n) is 4.69. The topological polar surface area (TPSA) is 96.7 Å². The first kappa shape index (κ1) is 20.2. The molecule has 0 spiro atoms. The molecule has 0 radical (unpaired) electrons. The standard InChI is InChI=1S/C20H20N4O4S2/c1-27-17-12-13(8-9-14(17)23-30(2,25)26)24-19(16-7-5-11-28-16)18(22-20(24)29)15-6-3-4-10-21-15/h3-12,18-19,23H,1-2H3,(H,22,29)/t18-,19-/m1/s1. The predicted molar refractivity (Wildman–Crippen MR) is 118 cm³/mol. The van der Waals surface area contributed by atoms with E-state index in [2.05, 4.69) is 15.0 Å². The molecule has 1 aliphatic heterocycles. The van der Waals surface area contributed by atoms with Crippen LogP contribution >= 0.6 is 12.2 Å². The van der Waals surface area contributed by atoms with E-state index in [0.717, 1.165) is 23.4 Å². The maximum absolute atomic E-state index is 11.6. The van der Waals surface area contributed by atoms with Gasteiger partial charge in [0.1, 0.15) is 17.6 Å². The van der Waals surface area contributed by atoms with E-state index in [1.807, 2.05) is 35.2 Å². The molecule has 1 saturated heterocycles. The quantitative estimate of drug-likeness (QED) is 0.560. The summed E-state index contributed by atoms with van der Waals surface area (Å²) in [7, 11) is -1.97. The van der Waals surface area contributed by atoms with E-state index in [-0.39, 0.29) is 12.1 Å². The number of hydrogen-bond donors (Lipinski definition) is 2. The van der Waals surface area contributed by atoms with Crippen molar-refractivity contribution in [3.8, 4) is 5.75 Å². The molecule has 2 aromatic heterocycles. The Bertz CT molecular complexity index is 1150. The van der Waals surface area contributed by atoms with Crippen LogP contribution < -0.4 is 19.7 Å². The molecule has 156 valence electrons. The predicted octanol–water partition coefficient (Wildman–Crippen LogP) is 3.23. The summed E-state index contributed by atoms with van der Waals surface area (Å²) in [5.74, 6) is 1.09. The van der Waals surface area contributed by atoms with Gasteiger partial charge in [0, 0.05) is 18.0 Å². The van der Waals surface area contributed by atoms with Crippen LogP contribution in [0.4, 0.5) is 11.4 Å². The van der Waals surface area contributed by atoms with Crippen LogP contribution in [0.15, 0.2) is 65.4 Å². The van der Waals surface area contributed by atoms with E-state index in [0.29, 0.717) is 16.5 Å². The van der Waals surface area contributed by atoms with E-state index in [1.54, 1.807) is 30.7 Å². The lowest BCUT2D eigenvalue weighted by atomic mass is 10.0. The zero-order valence-electron chi connectivity index (χ0n) is 16.3. The van der Waals surface area contributed by atoms with Crippen LogP contribution in [0.3, 0.4) is 0 Å². The summed E-state index contributed by atoms with van der Waals surface area (Å²) in [6.45, 7) is 0. The van der Waals surface area contributed by atoms with Crippen LogP contribution in [0.5, 0.6) is 5.75 Å². The first-order valence-corrected chi connectivity index (χ1v) is 11.4. The number of benzene rings is 1. The normalized spacial score (nSPS) is 18.9. The van der Waals surface area contributed by atoms with E-state index in [4.69, 9.17) is 21.4 Å². The van der Waals surface area contributed by atoms with Crippen molar-refractivity contribution in [1.82, 2.24) is 10.3 Å². The first-order valence-electron chi connectivity index (χ1n) is 9.07. The zero-order valence-corrected chi connectivity index (χ0v) is 17.9. The number of thiocarbonyl (C=S) groups is 1. The molecule has 3 aromatic rings.